The van der Waals surface area contributed by atoms with Crippen molar-refractivity contribution in [2.24, 2.45) is 0 Å². The summed E-state index contributed by atoms with van der Waals surface area (Å²) in [5.74, 6) is 0. The predicted molar refractivity (Wildman–Crippen MR) is 60.8 cm³/mol. The topological polar surface area (TPSA) is 20.2 Å². The van der Waals surface area contributed by atoms with Gasteiger partial charge in [0, 0.05) is 0 Å². The van der Waals surface area contributed by atoms with Crippen LogP contribution in [0.5, 0.6) is 0 Å². The zero-order valence-electron chi connectivity index (χ0n) is 7.65. The summed E-state index contributed by atoms with van der Waals surface area (Å²) >= 11 is 6.27. The SMILES string of the molecule is CCCCCCCCC(O)(Br)Br. The molecule has 0 aliphatic heterocycles. The lowest BCUT2D eigenvalue weighted by atomic mass is 10.1. The maximum absolute atomic E-state index is 9.25. The first-order chi connectivity index (χ1) is 5.56. The van der Waals surface area contributed by atoms with Gasteiger partial charge in [-0.1, -0.05) is 39.0 Å². The van der Waals surface area contributed by atoms with Gasteiger partial charge in [-0.3, -0.25) is 0 Å². The molecule has 0 aromatic heterocycles. The molecule has 0 saturated heterocycles. The van der Waals surface area contributed by atoms with Crippen molar-refractivity contribution in [1.29, 1.82) is 0 Å². The van der Waals surface area contributed by atoms with E-state index in [0.717, 1.165) is 12.8 Å². The van der Waals surface area contributed by atoms with Crippen molar-refractivity contribution in [3.8, 4) is 0 Å². The van der Waals surface area contributed by atoms with Crippen LogP contribution in [0.25, 0.3) is 0 Å². The van der Waals surface area contributed by atoms with E-state index in [1.54, 1.807) is 0 Å². The monoisotopic (exact) mass is 300 g/mol. The number of rotatable bonds is 7. The fourth-order valence-electron chi connectivity index (χ4n) is 1.12. The third-order valence-electron chi connectivity index (χ3n) is 1.83. The molecule has 0 saturated carbocycles. The molecule has 0 aliphatic carbocycles. The summed E-state index contributed by atoms with van der Waals surface area (Å²) < 4.78 is -0.829. The first kappa shape index (κ1) is 12.9. The Bertz CT molecular complexity index is 99.2. The Morgan fingerprint density at radius 3 is 2.00 bits per heavy atom. The Labute approximate surface area is 92.2 Å². The Morgan fingerprint density at radius 1 is 1.00 bits per heavy atom. The standard InChI is InChI=1S/C9H18Br2O/c1-2-3-4-5-6-7-8-9(10,11)12/h12H,2-8H2,1H3. The summed E-state index contributed by atoms with van der Waals surface area (Å²) in [5, 5.41) is 9.25. The summed E-state index contributed by atoms with van der Waals surface area (Å²) in [6.45, 7) is 2.22. The van der Waals surface area contributed by atoms with E-state index in [1.807, 2.05) is 0 Å². The highest BCUT2D eigenvalue weighted by Gasteiger charge is 2.15. The molecule has 0 unspecified atom stereocenters. The number of halogens is 2. The minimum absolute atomic E-state index is 0.777. The normalized spacial score (nSPS) is 12.0. The van der Waals surface area contributed by atoms with Crippen LogP contribution in [0, 0.1) is 0 Å². The number of hydrogen-bond acceptors (Lipinski definition) is 1. The highest BCUT2D eigenvalue weighted by molar-refractivity contribution is 9.25. The van der Waals surface area contributed by atoms with Gasteiger partial charge in [0.25, 0.3) is 0 Å². The van der Waals surface area contributed by atoms with Gasteiger partial charge >= 0.3 is 0 Å². The van der Waals surface area contributed by atoms with Crippen molar-refractivity contribution < 1.29 is 5.11 Å². The van der Waals surface area contributed by atoms with Crippen molar-refractivity contribution in [3.63, 3.8) is 0 Å². The van der Waals surface area contributed by atoms with Crippen molar-refractivity contribution in [3.05, 3.63) is 0 Å². The molecule has 0 atom stereocenters. The van der Waals surface area contributed by atoms with Crippen LogP contribution in [0.15, 0.2) is 0 Å². The van der Waals surface area contributed by atoms with E-state index in [9.17, 15) is 5.11 Å². The first-order valence-electron chi connectivity index (χ1n) is 4.66. The lowest BCUT2D eigenvalue weighted by molar-refractivity contribution is 0.229. The molecule has 12 heavy (non-hydrogen) atoms. The van der Waals surface area contributed by atoms with Gasteiger partial charge < -0.3 is 5.11 Å². The Hall–Kier alpha value is 0.920. The molecule has 0 aromatic carbocycles. The molecule has 0 rings (SSSR count). The molecule has 1 N–H and O–H groups in total. The number of unbranched alkanes of at least 4 members (excludes halogenated alkanes) is 5. The van der Waals surface area contributed by atoms with Crippen molar-refractivity contribution >= 4 is 31.9 Å². The van der Waals surface area contributed by atoms with E-state index in [4.69, 9.17) is 0 Å². The van der Waals surface area contributed by atoms with E-state index in [0.29, 0.717) is 0 Å². The smallest absolute Gasteiger partial charge is 0.174 e. The van der Waals surface area contributed by atoms with E-state index in [-0.39, 0.29) is 0 Å². The van der Waals surface area contributed by atoms with Gasteiger partial charge in [-0.2, -0.15) is 0 Å². The fraction of sp³-hybridized carbons (Fsp3) is 1.00. The molecule has 0 heterocycles. The Morgan fingerprint density at radius 2 is 1.50 bits per heavy atom. The van der Waals surface area contributed by atoms with Gasteiger partial charge in [0.2, 0.25) is 0 Å². The van der Waals surface area contributed by atoms with Gasteiger partial charge in [-0.15, -0.1) is 0 Å². The summed E-state index contributed by atoms with van der Waals surface area (Å²) in [4.78, 5) is 0. The van der Waals surface area contributed by atoms with Crippen LogP contribution in [0.4, 0.5) is 0 Å². The van der Waals surface area contributed by atoms with Crippen molar-refractivity contribution in [2.75, 3.05) is 0 Å². The van der Waals surface area contributed by atoms with Crippen LogP contribution in [-0.2, 0) is 0 Å². The highest BCUT2D eigenvalue weighted by atomic mass is 79.9. The maximum Gasteiger partial charge on any atom is 0.174 e. The van der Waals surface area contributed by atoms with Crippen LogP contribution in [0.2, 0.25) is 0 Å². The predicted octanol–water partition coefficient (Wildman–Crippen LogP) is 4.17. The zero-order valence-corrected chi connectivity index (χ0v) is 10.8. The second-order valence-electron chi connectivity index (χ2n) is 3.18. The molecule has 74 valence electrons. The maximum atomic E-state index is 9.25. The summed E-state index contributed by atoms with van der Waals surface area (Å²) in [7, 11) is 0. The van der Waals surface area contributed by atoms with Crippen molar-refractivity contribution in [1.82, 2.24) is 0 Å². The minimum Gasteiger partial charge on any atom is -0.369 e. The van der Waals surface area contributed by atoms with Crippen LogP contribution >= 0.6 is 31.9 Å². The molecule has 0 aromatic rings. The van der Waals surface area contributed by atoms with Gasteiger partial charge in [0.15, 0.2) is 3.42 Å². The molecule has 0 radical (unpaired) electrons. The lowest BCUT2D eigenvalue weighted by Crippen LogP contribution is -2.08. The van der Waals surface area contributed by atoms with Crippen LogP contribution in [0.1, 0.15) is 51.9 Å². The Kier molecular flexibility index (Phi) is 7.90. The summed E-state index contributed by atoms with van der Waals surface area (Å²) in [6.07, 6.45) is 8.34. The van der Waals surface area contributed by atoms with Crippen LogP contribution in [0.3, 0.4) is 0 Å². The molecule has 0 spiro atoms. The lowest BCUT2D eigenvalue weighted by Gasteiger charge is -2.11. The quantitative estimate of drug-likeness (QED) is 0.553. The van der Waals surface area contributed by atoms with E-state index < -0.39 is 3.42 Å². The summed E-state index contributed by atoms with van der Waals surface area (Å²) in [6, 6.07) is 0. The molecule has 0 fully saturated rings. The third-order valence-corrected chi connectivity index (χ3v) is 2.62. The molecule has 3 heteroatoms. The number of hydrogen-bond donors (Lipinski definition) is 1. The largest absolute Gasteiger partial charge is 0.369 e. The average Bonchev–Trinajstić information content (AvgIpc) is 1.94. The molecular weight excluding hydrogens is 284 g/mol. The van der Waals surface area contributed by atoms with Crippen LogP contribution < -0.4 is 0 Å². The summed E-state index contributed by atoms with van der Waals surface area (Å²) in [5.41, 5.74) is 0. The molecule has 0 aliphatic rings. The molecule has 0 amide bonds. The molecule has 0 bridgehead atoms. The molecule has 1 nitrogen and oxygen atoms in total. The molecular formula is C9H18Br2O. The van der Waals surface area contributed by atoms with E-state index >= 15 is 0 Å². The number of aliphatic hydroxyl groups is 1. The van der Waals surface area contributed by atoms with Gasteiger partial charge in [0.1, 0.15) is 0 Å². The first-order valence-corrected chi connectivity index (χ1v) is 6.25. The highest BCUT2D eigenvalue weighted by Crippen LogP contribution is 2.28. The fourth-order valence-corrected chi connectivity index (χ4v) is 1.68. The Balaban J connectivity index is 3.01. The third kappa shape index (κ3) is 10.9. The second kappa shape index (κ2) is 7.34. The average molecular weight is 302 g/mol. The zero-order chi connectivity index (χ0) is 9.45. The number of alkyl halides is 2. The van der Waals surface area contributed by atoms with Gasteiger partial charge in [0.05, 0.1) is 0 Å². The van der Waals surface area contributed by atoms with Crippen LogP contribution in [-0.4, -0.2) is 8.53 Å². The second-order valence-corrected chi connectivity index (χ2v) is 6.87. The van der Waals surface area contributed by atoms with E-state index in [2.05, 4.69) is 38.8 Å². The van der Waals surface area contributed by atoms with Gasteiger partial charge in [-0.05, 0) is 44.7 Å². The van der Waals surface area contributed by atoms with E-state index in [1.165, 1.54) is 32.1 Å². The minimum atomic E-state index is -0.829. The van der Waals surface area contributed by atoms with Crippen molar-refractivity contribution in [2.45, 2.75) is 55.3 Å². The van der Waals surface area contributed by atoms with Gasteiger partial charge in [-0.25, -0.2) is 0 Å².